The van der Waals surface area contributed by atoms with E-state index in [4.69, 9.17) is 4.42 Å². The van der Waals surface area contributed by atoms with Crippen molar-refractivity contribution >= 4 is 85.5 Å². The first-order chi connectivity index (χ1) is 38.9. The summed E-state index contributed by atoms with van der Waals surface area (Å²) in [6, 6.07) is 48.8. The second-order valence-electron chi connectivity index (χ2n) is 32.1. The highest BCUT2D eigenvalue weighted by Gasteiger charge is 2.51. The molecule has 2 aliphatic heterocycles. The number of rotatable bonds is 5. The van der Waals surface area contributed by atoms with E-state index in [1.807, 2.05) is 0 Å². The molecular weight excluding hydrogens is 1010 g/mol. The van der Waals surface area contributed by atoms with E-state index in [0.717, 1.165) is 55.5 Å². The van der Waals surface area contributed by atoms with Crippen molar-refractivity contribution in [3.63, 3.8) is 0 Å². The number of nitrogens with zero attached hydrogens (tertiary/aromatic N) is 3. The zero-order valence-electron chi connectivity index (χ0n) is 53.5. The van der Waals surface area contributed by atoms with E-state index >= 15 is 0 Å². The molecule has 0 atom stereocenters. The van der Waals surface area contributed by atoms with E-state index in [0.29, 0.717) is 0 Å². The molecule has 1 aromatic heterocycles. The number of fused-ring (bicyclic) bond motifs is 10. The van der Waals surface area contributed by atoms with E-state index in [2.05, 4.69) is 261 Å². The van der Waals surface area contributed by atoms with E-state index in [9.17, 15) is 0 Å². The first-order valence-electron chi connectivity index (χ1n) is 31.7. The predicted octanol–water partition coefficient (Wildman–Crippen LogP) is 20.0. The normalized spacial score (nSPS) is 21.0. The number of hydrogen-bond acceptors (Lipinski definition) is 4. The summed E-state index contributed by atoms with van der Waals surface area (Å²) in [6.45, 7) is 44.0. The Hall–Kier alpha value is -6.46. The van der Waals surface area contributed by atoms with Crippen LogP contribution < -0.4 is 31.3 Å². The average molecular weight is 1100 g/mol. The minimum atomic E-state index is -0.200. The third kappa shape index (κ3) is 8.03. The Bertz CT molecular complexity index is 4010. The summed E-state index contributed by atoms with van der Waals surface area (Å²) in [4.78, 5) is 8.00. The molecule has 0 fully saturated rings. The highest BCUT2D eigenvalue weighted by atomic mass is 16.3. The minimum Gasteiger partial charge on any atom is -0.468 e. The molecule has 83 heavy (non-hydrogen) atoms. The van der Waals surface area contributed by atoms with Crippen molar-refractivity contribution in [1.29, 1.82) is 0 Å². The molecule has 4 aliphatic carbocycles. The van der Waals surface area contributed by atoms with Gasteiger partial charge in [-0.25, -0.2) is 0 Å². The van der Waals surface area contributed by atoms with Gasteiger partial charge in [-0.3, -0.25) is 0 Å². The maximum absolute atomic E-state index is 7.94. The van der Waals surface area contributed by atoms with Crippen LogP contribution in [0.25, 0.3) is 11.0 Å². The second kappa shape index (κ2) is 17.6. The molecule has 0 N–H and O–H groups in total. The molecular formula is C78H90BN3O. The Balaban J connectivity index is 1.18. The largest absolute Gasteiger partial charge is 0.468 e. The molecule has 426 valence electrons. The fraction of sp³-hybridized carbons (Fsp3) is 0.436. The van der Waals surface area contributed by atoms with Gasteiger partial charge < -0.3 is 19.1 Å². The van der Waals surface area contributed by atoms with E-state index in [-0.39, 0.29) is 50.0 Å². The summed E-state index contributed by atoms with van der Waals surface area (Å²) in [5, 5.41) is 1.21. The second-order valence-corrected chi connectivity index (χ2v) is 32.1. The lowest BCUT2D eigenvalue weighted by atomic mass is 9.35. The van der Waals surface area contributed by atoms with Crippen molar-refractivity contribution in [1.82, 2.24) is 0 Å². The van der Waals surface area contributed by atoms with Crippen molar-refractivity contribution in [2.45, 2.75) is 219 Å². The molecule has 7 aromatic carbocycles. The van der Waals surface area contributed by atoms with Crippen molar-refractivity contribution in [3.8, 4) is 0 Å². The SMILES string of the molecule is Cc1ccccc1N(c1cc2c3c(c1)N(c1ccc4c(c1)C(C)(C)CCC4(C)C)c1c(oc4cc5c(cc14)C(C)(C)CCC5(C)C)B3c1cc3c(cc1N2c1ccc2c(c1)C(C)(C)CCC2(C)C)C(C)(C)CCC3(C)C)c1ccccc1C. The van der Waals surface area contributed by atoms with Gasteiger partial charge in [0.2, 0.25) is 0 Å². The molecule has 3 heterocycles. The Morgan fingerprint density at radius 3 is 1.24 bits per heavy atom. The molecule has 0 saturated heterocycles. The van der Waals surface area contributed by atoms with Gasteiger partial charge in [0, 0.05) is 45.2 Å². The number of hydrogen-bond donors (Lipinski definition) is 0. The summed E-state index contributed by atoms with van der Waals surface area (Å²) < 4.78 is 7.94. The zero-order chi connectivity index (χ0) is 58.7. The molecule has 8 aromatic rings. The predicted molar refractivity (Wildman–Crippen MR) is 356 cm³/mol. The van der Waals surface area contributed by atoms with Gasteiger partial charge in [0.1, 0.15) is 5.58 Å². The van der Waals surface area contributed by atoms with Crippen molar-refractivity contribution in [3.05, 3.63) is 177 Å². The molecule has 4 nitrogen and oxygen atoms in total. The molecule has 0 bridgehead atoms. The monoisotopic (exact) mass is 1100 g/mol. The van der Waals surface area contributed by atoms with Crippen molar-refractivity contribution in [2.75, 3.05) is 14.7 Å². The number of para-hydroxylation sites is 2. The Labute approximate surface area is 498 Å². The molecule has 0 radical (unpaired) electrons. The van der Waals surface area contributed by atoms with Crippen LogP contribution in [-0.4, -0.2) is 6.71 Å². The van der Waals surface area contributed by atoms with Crippen molar-refractivity contribution in [2.24, 2.45) is 0 Å². The van der Waals surface area contributed by atoms with Crippen LogP contribution in [0.3, 0.4) is 0 Å². The molecule has 6 aliphatic rings. The van der Waals surface area contributed by atoms with Crippen LogP contribution in [0.5, 0.6) is 0 Å². The highest BCUT2D eigenvalue weighted by molar-refractivity contribution is 7.00. The summed E-state index contributed by atoms with van der Waals surface area (Å²) in [5.41, 5.74) is 29.7. The molecule has 14 rings (SSSR count). The fourth-order valence-electron chi connectivity index (χ4n) is 16.7. The van der Waals surface area contributed by atoms with Gasteiger partial charge in [-0.15, -0.1) is 0 Å². The quantitative estimate of drug-likeness (QED) is 0.160. The molecule has 0 unspecified atom stereocenters. The lowest BCUT2D eigenvalue weighted by molar-refractivity contribution is 0.332. The Kier molecular flexibility index (Phi) is 11.5. The zero-order valence-corrected chi connectivity index (χ0v) is 53.5. The number of anilines is 9. The highest BCUT2D eigenvalue weighted by Crippen LogP contribution is 2.57. The Morgan fingerprint density at radius 1 is 0.386 bits per heavy atom. The average Bonchev–Trinajstić information content (AvgIpc) is 1.75. The van der Waals surface area contributed by atoms with Crippen LogP contribution >= 0.6 is 0 Å². The van der Waals surface area contributed by atoms with Crippen molar-refractivity contribution < 1.29 is 4.42 Å². The summed E-state index contributed by atoms with van der Waals surface area (Å²) in [5.74, 6) is 0. The third-order valence-corrected chi connectivity index (χ3v) is 22.8. The van der Waals surface area contributed by atoms with Gasteiger partial charge >= 0.3 is 0 Å². The van der Waals surface area contributed by atoms with Crippen LogP contribution in [0.2, 0.25) is 0 Å². The first-order valence-corrected chi connectivity index (χ1v) is 31.7. The third-order valence-electron chi connectivity index (χ3n) is 22.8. The first kappa shape index (κ1) is 54.5. The van der Waals surface area contributed by atoms with Gasteiger partial charge in [-0.1, -0.05) is 165 Å². The smallest absolute Gasteiger partial charge is 0.297 e. The topological polar surface area (TPSA) is 22.9 Å². The summed E-state index contributed by atoms with van der Waals surface area (Å²) in [6.07, 6.45) is 9.18. The van der Waals surface area contributed by atoms with E-state index in [1.54, 1.807) is 0 Å². The Morgan fingerprint density at radius 2 is 0.771 bits per heavy atom. The molecule has 0 saturated carbocycles. The van der Waals surface area contributed by atoms with Crippen LogP contribution in [0, 0.1) is 13.8 Å². The van der Waals surface area contributed by atoms with Gasteiger partial charge in [-0.05, 0) is 242 Å². The van der Waals surface area contributed by atoms with Gasteiger partial charge in [0.25, 0.3) is 6.71 Å². The van der Waals surface area contributed by atoms with Crippen LogP contribution in [0.4, 0.5) is 51.2 Å². The standard InChI is InChI=1S/C78H90BN3O/c1-47-23-19-21-25-62(47)81(63-26-22-20-24-48(63)2)51-41-65-68-66(42-51)82(50-28-30-54-56(40-50)74(9,10)34-32-72(54,5)6)69-52-43-57-60(78(17,18)38-35-75(57,11)12)46-67(52)83-70(69)79(68)61-44-58-59(77(15,16)37-36-76(58,13)14)45-64(61)80(65)49-27-29-53-55(39-49)73(7,8)33-31-71(53,3)4/h19-30,39-46H,31-38H2,1-18H3. The molecule has 5 heteroatoms. The fourth-order valence-corrected chi connectivity index (χ4v) is 16.7. The molecule has 0 spiro atoms. The number of aryl methyl sites for hydroxylation is 2. The van der Waals surface area contributed by atoms with Crippen LogP contribution in [0.1, 0.15) is 218 Å². The van der Waals surface area contributed by atoms with Gasteiger partial charge in [-0.2, -0.15) is 0 Å². The maximum atomic E-state index is 7.94. The van der Waals surface area contributed by atoms with Crippen LogP contribution in [0.15, 0.2) is 126 Å². The van der Waals surface area contributed by atoms with Crippen LogP contribution in [-0.2, 0) is 43.3 Å². The number of furan rings is 1. The van der Waals surface area contributed by atoms with Gasteiger partial charge in [0.15, 0.2) is 0 Å². The van der Waals surface area contributed by atoms with Gasteiger partial charge in [0.05, 0.1) is 17.0 Å². The van der Waals surface area contributed by atoms with E-state index in [1.165, 1.54) is 130 Å². The summed E-state index contributed by atoms with van der Waals surface area (Å²) in [7, 11) is 0. The maximum Gasteiger partial charge on any atom is 0.297 e. The van der Waals surface area contributed by atoms with E-state index < -0.39 is 0 Å². The lowest BCUT2D eigenvalue weighted by Crippen LogP contribution is -2.61. The molecule has 0 amide bonds. The minimum absolute atomic E-state index is 0.00199. The lowest BCUT2D eigenvalue weighted by Gasteiger charge is -2.47. The number of benzene rings is 7. The summed E-state index contributed by atoms with van der Waals surface area (Å²) >= 11 is 0.